The molecule has 0 unspecified atom stereocenters. The maximum absolute atomic E-state index is 11.7. The Kier molecular flexibility index (Phi) is 7.53. The molecule has 0 N–H and O–H groups in total. The van der Waals surface area contributed by atoms with E-state index in [1.807, 2.05) is 62.4 Å². The SMILES string of the molecule is C#Cc1ccc2ccccc2c1-c1c(C#Cc2cc(N=NN(CC)CC)cc([N+](=O)[O-])c2)ccc2ccccc12. The summed E-state index contributed by atoms with van der Waals surface area (Å²) in [4.78, 5) is 11.2. The lowest BCUT2D eigenvalue weighted by molar-refractivity contribution is -0.384. The van der Waals surface area contributed by atoms with Gasteiger partial charge in [0.25, 0.3) is 5.69 Å². The lowest BCUT2D eigenvalue weighted by Crippen LogP contribution is -2.14. The van der Waals surface area contributed by atoms with Crippen molar-refractivity contribution in [2.75, 3.05) is 13.1 Å². The molecular weight excluding hydrogens is 496 g/mol. The van der Waals surface area contributed by atoms with Crippen LogP contribution in [0.4, 0.5) is 11.4 Å². The Morgan fingerprint density at radius 3 is 2.00 bits per heavy atom. The quantitative estimate of drug-likeness (QED) is 0.0975. The van der Waals surface area contributed by atoms with Gasteiger partial charge in [0.2, 0.25) is 0 Å². The highest BCUT2D eigenvalue weighted by molar-refractivity contribution is 6.09. The van der Waals surface area contributed by atoms with Gasteiger partial charge in [-0.1, -0.05) is 83.6 Å². The highest BCUT2D eigenvalue weighted by Crippen LogP contribution is 2.38. The maximum atomic E-state index is 11.7. The van der Waals surface area contributed by atoms with Gasteiger partial charge in [-0.15, -0.1) is 11.5 Å². The third-order valence-electron chi connectivity index (χ3n) is 6.74. The molecule has 0 saturated carbocycles. The van der Waals surface area contributed by atoms with Crippen LogP contribution in [0.15, 0.2) is 101 Å². The molecule has 0 spiro atoms. The first-order chi connectivity index (χ1) is 19.5. The first-order valence-corrected chi connectivity index (χ1v) is 13.0. The van der Waals surface area contributed by atoms with Crippen molar-refractivity contribution in [2.45, 2.75) is 13.8 Å². The number of rotatable bonds is 6. The molecule has 6 heteroatoms. The number of hydrogen-bond donors (Lipinski definition) is 0. The second-order valence-corrected chi connectivity index (χ2v) is 9.14. The average molecular weight is 523 g/mol. The van der Waals surface area contributed by atoms with E-state index in [0.29, 0.717) is 24.3 Å². The second-order valence-electron chi connectivity index (χ2n) is 9.14. The van der Waals surface area contributed by atoms with Crippen molar-refractivity contribution in [3.63, 3.8) is 0 Å². The van der Waals surface area contributed by atoms with Gasteiger partial charge in [-0.2, -0.15) is 0 Å². The summed E-state index contributed by atoms with van der Waals surface area (Å²) in [5.74, 6) is 9.31. The molecule has 0 atom stereocenters. The van der Waals surface area contributed by atoms with Crippen molar-refractivity contribution in [3.8, 4) is 35.3 Å². The molecule has 0 aromatic heterocycles. The number of fused-ring (bicyclic) bond motifs is 2. The number of non-ortho nitro benzene ring substituents is 1. The minimum absolute atomic E-state index is 0.0947. The van der Waals surface area contributed by atoms with E-state index in [1.54, 1.807) is 11.1 Å². The number of terminal acetylenes is 1. The van der Waals surface area contributed by atoms with Crippen LogP contribution in [0.25, 0.3) is 32.7 Å². The molecule has 0 radical (unpaired) electrons. The summed E-state index contributed by atoms with van der Waals surface area (Å²) in [5, 5.41) is 26.0. The minimum atomic E-state index is -0.446. The van der Waals surface area contributed by atoms with E-state index in [0.717, 1.165) is 43.8 Å². The van der Waals surface area contributed by atoms with Crippen LogP contribution in [-0.2, 0) is 0 Å². The number of hydrogen-bond acceptors (Lipinski definition) is 4. The highest BCUT2D eigenvalue weighted by atomic mass is 16.6. The van der Waals surface area contributed by atoms with Crippen LogP contribution in [0.5, 0.6) is 0 Å². The van der Waals surface area contributed by atoms with Gasteiger partial charge in [-0.3, -0.25) is 15.1 Å². The lowest BCUT2D eigenvalue weighted by Gasteiger charge is -2.15. The van der Waals surface area contributed by atoms with E-state index < -0.39 is 4.92 Å². The standard InChI is InChI=1S/C34H26N4O2/c1-4-25-17-18-26-11-7-9-13-31(26)33(25)34-28(20-19-27-12-8-10-14-32(27)34)16-15-24-21-29(23-30(22-24)38(39)40)35-36-37(5-2)6-3/h1,7-14,17-23H,5-6H2,2-3H3. The Labute approximate surface area is 233 Å². The molecule has 0 aliphatic heterocycles. The van der Waals surface area contributed by atoms with Gasteiger partial charge in [0.15, 0.2) is 0 Å². The zero-order valence-corrected chi connectivity index (χ0v) is 22.3. The van der Waals surface area contributed by atoms with E-state index >= 15 is 0 Å². The molecule has 5 aromatic rings. The molecule has 0 bridgehead atoms. The van der Waals surface area contributed by atoms with E-state index in [4.69, 9.17) is 6.42 Å². The van der Waals surface area contributed by atoms with Crippen LogP contribution in [-0.4, -0.2) is 23.0 Å². The summed E-state index contributed by atoms with van der Waals surface area (Å²) in [5.41, 5.74) is 4.15. The number of nitro benzene ring substituents is 1. The molecule has 40 heavy (non-hydrogen) atoms. The normalized spacial score (nSPS) is 10.8. The smallest absolute Gasteiger partial charge is 0.272 e. The molecule has 5 aromatic carbocycles. The van der Waals surface area contributed by atoms with Crippen LogP contribution >= 0.6 is 0 Å². The predicted octanol–water partition coefficient (Wildman–Crippen LogP) is 8.29. The minimum Gasteiger partial charge on any atom is -0.279 e. The monoisotopic (exact) mass is 522 g/mol. The summed E-state index contributed by atoms with van der Waals surface area (Å²) in [7, 11) is 0. The molecule has 5 rings (SSSR count). The fourth-order valence-corrected chi connectivity index (χ4v) is 4.74. The number of nitrogens with zero attached hydrogens (tertiary/aromatic N) is 4. The van der Waals surface area contributed by atoms with Crippen molar-refractivity contribution in [3.05, 3.63) is 118 Å². The van der Waals surface area contributed by atoms with E-state index in [2.05, 4.69) is 52.4 Å². The largest absolute Gasteiger partial charge is 0.279 e. The Balaban J connectivity index is 1.73. The average Bonchev–Trinajstić information content (AvgIpc) is 2.99. The van der Waals surface area contributed by atoms with Crippen LogP contribution in [0, 0.1) is 34.3 Å². The van der Waals surface area contributed by atoms with Crippen molar-refractivity contribution >= 4 is 32.9 Å². The summed E-state index contributed by atoms with van der Waals surface area (Å²) in [6, 6.07) is 28.8. The van der Waals surface area contributed by atoms with E-state index in [-0.39, 0.29) is 5.69 Å². The van der Waals surface area contributed by atoms with Crippen molar-refractivity contribution < 1.29 is 4.92 Å². The van der Waals surface area contributed by atoms with Gasteiger partial charge in [0.05, 0.1) is 10.6 Å². The number of benzene rings is 5. The summed E-state index contributed by atoms with van der Waals surface area (Å²) in [6.07, 6.45) is 6.00. The van der Waals surface area contributed by atoms with Gasteiger partial charge in [-0.25, -0.2) is 0 Å². The zero-order chi connectivity index (χ0) is 28.1. The fourth-order valence-electron chi connectivity index (χ4n) is 4.74. The molecule has 0 fully saturated rings. The van der Waals surface area contributed by atoms with Gasteiger partial charge in [0, 0.05) is 53.0 Å². The number of nitro groups is 1. The van der Waals surface area contributed by atoms with Crippen molar-refractivity contribution in [1.82, 2.24) is 5.01 Å². The third-order valence-corrected chi connectivity index (χ3v) is 6.74. The van der Waals surface area contributed by atoms with Crippen LogP contribution in [0.1, 0.15) is 30.5 Å². The van der Waals surface area contributed by atoms with Crippen molar-refractivity contribution in [2.24, 2.45) is 10.3 Å². The molecule has 0 amide bonds. The fraction of sp³-hybridized carbons (Fsp3) is 0.118. The maximum Gasteiger partial charge on any atom is 0.272 e. The summed E-state index contributed by atoms with van der Waals surface area (Å²) < 4.78 is 0. The molecule has 6 nitrogen and oxygen atoms in total. The highest BCUT2D eigenvalue weighted by Gasteiger charge is 2.16. The molecule has 0 saturated heterocycles. The second kappa shape index (κ2) is 11.5. The Morgan fingerprint density at radius 2 is 1.40 bits per heavy atom. The van der Waals surface area contributed by atoms with Gasteiger partial charge in [-0.05, 0) is 53.6 Å². The summed E-state index contributed by atoms with van der Waals surface area (Å²) >= 11 is 0. The first-order valence-electron chi connectivity index (χ1n) is 13.0. The Morgan fingerprint density at radius 1 is 0.800 bits per heavy atom. The molecule has 0 aliphatic rings. The molecule has 0 aliphatic carbocycles. The van der Waals surface area contributed by atoms with Crippen molar-refractivity contribution in [1.29, 1.82) is 0 Å². The van der Waals surface area contributed by atoms with E-state index in [1.165, 1.54) is 12.1 Å². The van der Waals surface area contributed by atoms with Gasteiger partial charge < -0.3 is 0 Å². The van der Waals surface area contributed by atoms with E-state index in [9.17, 15) is 10.1 Å². The third kappa shape index (κ3) is 5.25. The first kappa shape index (κ1) is 26.2. The molecule has 194 valence electrons. The Hall–Kier alpha value is -5.46. The topological polar surface area (TPSA) is 71.1 Å². The van der Waals surface area contributed by atoms with Crippen LogP contribution in [0.3, 0.4) is 0 Å². The molecular formula is C34H26N4O2. The van der Waals surface area contributed by atoms with Gasteiger partial charge in [0.1, 0.15) is 0 Å². The van der Waals surface area contributed by atoms with Crippen LogP contribution < -0.4 is 0 Å². The summed E-state index contributed by atoms with van der Waals surface area (Å²) in [6.45, 7) is 5.30. The van der Waals surface area contributed by atoms with Gasteiger partial charge >= 0.3 is 0 Å². The zero-order valence-electron chi connectivity index (χ0n) is 22.3. The predicted molar refractivity (Wildman–Crippen MR) is 161 cm³/mol. The lowest BCUT2D eigenvalue weighted by atomic mass is 9.87. The van der Waals surface area contributed by atoms with Crippen LogP contribution in [0.2, 0.25) is 0 Å². The Bertz CT molecular complexity index is 1890. The molecule has 0 heterocycles.